The third-order valence-electron chi connectivity index (χ3n) is 5.74. The minimum atomic E-state index is 0.455. The first-order valence-corrected chi connectivity index (χ1v) is 11.1. The molecule has 0 radical (unpaired) electrons. The van der Waals surface area contributed by atoms with Crippen LogP contribution in [0.5, 0.6) is 0 Å². The Labute approximate surface area is 179 Å². The van der Waals surface area contributed by atoms with Crippen molar-refractivity contribution in [2.45, 2.75) is 39.0 Å². The lowest BCUT2D eigenvalue weighted by Gasteiger charge is -2.34. The van der Waals surface area contributed by atoms with E-state index in [1.165, 1.54) is 24.2 Å². The van der Waals surface area contributed by atoms with Gasteiger partial charge in [-0.3, -0.25) is 4.90 Å². The maximum absolute atomic E-state index is 4.91. The summed E-state index contributed by atoms with van der Waals surface area (Å²) in [5.74, 6) is 1.31. The summed E-state index contributed by atoms with van der Waals surface area (Å²) < 4.78 is 2.12. The Balaban J connectivity index is 1.24. The minimum absolute atomic E-state index is 0.455. The summed E-state index contributed by atoms with van der Waals surface area (Å²) in [6.45, 7) is 9.80. The molecule has 158 valence electrons. The quantitative estimate of drug-likeness (QED) is 0.533. The molecule has 6 heteroatoms. The first-order chi connectivity index (χ1) is 14.7. The van der Waals surface area contributed by atoms with Gasteiger partial charge in [0.25, 0.3) is 0 Å². The Morgan fingerprint density at radius 2 is 1.63 bits per heavy atom. The summed E-state index contributed by atoms with van der Waals surface area (Å²) in [6, 6.07) is 14.6. The molecule has 6 nitrogen and oxygen atoms in total. The van der Waals surface area contributed by atoms with Crippen molar-refractivity contribution in [2.24, 2.45) is 0 Å². The predicted octanol–water partition coefficient (Wildman–Crippen LogP) is 3.93. The van der Waals surface area contributed by atoms with E-state index in [0.29, 0.717) is 5.92 Å². The fourth-order valence-corrected chi connectivity index (χ4v) is 4.02. The largest absolute Gasteiger partial charge is 0.338 e. The zero-order chi connectivity index (χ0) is 20.8. The second-order valence-electron chi connectivity index (χ2n) is 8.30. The minimum Gasteiger partial charge on any atom is -0.338 e. The predicted molar refractivity (Wildman–Crippen MR) is 121 cm³/mol. The van der Waals surface area contributed by atoms with Gasteiger partial charge in [0.05, 0.1) is 11.4 Å². The van der Waals surface area contributed by atoms with Crippen LogP contribution in [0.1, 0.15) is 44.0 Å². The summed E-state index contributed by atoms with van der Waals surface area (Å²) >= 11 is 0. The zero-order valence-corrected chi connectivity index (χ0v) is 18.1. The van der Waals surface area contributed by atoms with Gasteiger partial charge in [-0.15, -0.1) is 0 Å². The molecule has 1 aliphatic heterocycles. The maximum Gasteiger partial charge on any atom is 0.225 e. The highest BCUT2D eigenvalue weighted by Crippen LogP contribution is 2.21. The highest BCUT2D eigenvalue weighted by molar-refractivity contribution is 5.34. The van der Waals surface area contributed by atoms with Crippen molar-refractivity contribution in [3.63, 3.8) is 0 Å². The molecule has 0 bridgehead atoms. The number of unbranched alkanes of at least 4 members (excludes halogenated alkanes) is 1. The molecule has 1 saturated heterocycles. The van der Waals surface area contributed by atoms with Crippen LogP contribution >= 0.6 is 0 Å². The van der Waals surface area contributed by atoms with Gasteiger partial charge in [0, 0.05) is 44.3 Å². The third-order valence-corrected chi connectivity index (χ3v) is 5.74. The van der Waals surface area contributed by atoms with E-state index in [2.05, 4.69) is 74.7 Å². The van der Waals surface area contributed by atoms with E-state index in [1.54, 1.807) is 0 Å². The molecule has 3 heterocycles. The van der Waals surface area contributed by atoms with Crippen LogP contribution in [0.2, 0.25) is 0 Å². The molecular formula is C24H32N6. The Kier molecular flexibility index (Phi) is 6.74. The van der Waals surface area contributed by atoms with E-state index in [9.17, 15) is 0 Å². The van der Waals surface area contributed by atoms with E-state index < -0.39 is 0 Å². The second-order valence-corrected chi connectivity index (χ2v) is 8.30. The van der Waals surface area contributed by atoms with Crippen molar-refractivity contribution in [2.75, 3.05) is 37.6 Å². The highest BCUT2D eigenvalue weighted by Gasteiger charge is 2.18. The molecule has 0 spiro atoms. The topological polar surface area (TPSA) is 50.1 Å². The van der Waals surface area contributed by atoms with Crippen molar-refractivity contribution in [1.82, 2.24) is 24.6 Å². The Morgan fingerprint density at radius 3 is 2.33 bits per heavy atom. The van der Waals surface area contributed by atoms with Crippen LogP contribution in [-0.2, 0) is 6.42 Å². The van der Waals surface area contributed by atoms with Gasteiger partial charge in [0.1, 0.15) is 0 Å². The van der Waals surface area contributed by atoms with E-state index >= 15 is 0 Å². The van der Waals surface area contributed by atoms with Crippen molar-refractivity contribution in [1.29, 1.82) is 0 Å². The van der Waals surface area contributed by atoms with Gasteiger partial charge < -0.3 is 4.90 Å². The Bertz CT molecular complexity index is 898. The second kappa shape index (κ2) is 9.85. The van der Waals surface area contributed by atoms with Crippen molar-refractivity contribution in [3.8, 4) is 5.69 Å². The van der Waals surface area contributed by atoms with Crippen LogP contribution in [0, 0.1) is 0 Å². The molecule has 1 fully saturated rings. The Hall–Kier alpha value is -2.73. The van der Waals surface area contributed by atoms with Gasteiger partial charge in [-0.25, -0.2) is 14.6 Å². The number of hydrogen-bond donors (Lipinski definition) is 0. The molecule has 4 rings (SSSR count). The first-order valence-electron chi connectivity index (χ1n) is 11.1. The normalized spacial score (nSPS) is 15.1. The van der Waals surface area contributed by atoms with Gasteiger partial charge in [-0.1, -0.05) is 32.0 Å². The number of hydrogen-bond acceptors (Lipinski definition) is 5. The lowest BCUT2D eigenvalue weighted by Crippen LogP contribution is -2.47. The number of nitrogens with zero attached hydrogens (tertiary/aromatic N) is 6. The molecule has 0 saturated carbocycles. The van der Waals surface area contributed by atoms with Crippen LogP contribution in [-0.4, -0.2) is 57.4 Å². The summed E-state index contributed by atoms with van der Waals surface area (Å²) in [4.78, 5) is 13.6. The molecule has 2 aromatic heterocycles. The number of aryl methyl sites for hydroxylation is 1. The number of piperazine rings is 1. The van der Waals surface area contributed by atoms with Crippen LogP contribution < -0.4 is 4.90 Å². The standard InChI is InChI=1S/C24H32N6/c1-20(2)23-19-21(27-30(23)22-10-4-3-5-11-22)9-6-7-14-28-15-17-29(18-16-28)24-25-12-8-13-26-24/h3-5,8,10-13,19-20H,6-7,9,14-18H2,1-2H3. The highest BCUT2D eigenvalue weighted by atomic mass is 15.3. The van der Waals surface area contributed by atoms with E-state index in [0.717, 1.165) is 50.8 Å². The molecule has 3 aromatic rings. The summed E-state index contributed by atoms with van der Waals surface area (Å²) in [7, 11) is 0. The maximum atomic E-state index is 4.91. The van der Waals surface area contributed by atoms with Crippen LogP contribution in [0.4, 0.5) is 5.95 Å². The number of anilines is 1. The van der Waals surface area contributed by atoms with Crippen molar-refractivity contribution >= 4 is 5.95 Å². The van der Waals surface area contributed by atoms with Gasteiger partial charge in [-0.2, -0.15) is 5.10 Å². The molecule has 1 aliphatic rings. The SMILES string of the molecule is CC(C)c1cc(CCCCN2CCN(c3ncccn3)CC2)nn1-c1ccccc1. The van der Waals surface area contributed by atoms with Crippen LogP contribution in [0.15, 0.2) is 54.9 Å². The monoisotopic (exact) mass is 404 g/mol. The molecule has 30 heavy (non-hydrogen) atoms. The van der Waals surface area contributed by atoms with Gasteiger partial charge in [-0.05, 0) is 56.0 Å². The summed E-state index contributed by atoms with van der Waals surface area (Å²) in [6.07, 6.45) is 7.05. The smallest absolute Gasteiger partial charge is 0.225 e. The third kappa shape index (κ3) is 5.05. The molecule has 0 amide bonds. The fourth-order valence-electron chi connectivity index (χ4n) is 4.02. The number of rotatable bonds is 8. The zero-order valence-electron chi connectivity index (χ0n) is 18.1. The summed E-state index contributed by atoms with van der Waals surface area (Å²) in [5, 5.41) is 4.91. The van der Waals surface area contributed by atoms with Crippen molar-refractivity contribution < 1.29 is 0 Å². The molecule has 0 aliphatic carbocycles. The molecule has 0 N–H and O–H groups in total. The van der Waals surface area contributed by atoms with Crippen LogP contribution in [0.25, 0.3) is 5.69 Å². The molecule has 0 unspecified atom stereocenters. The van der Waals surface area contributed by atoms with Gasteiger partial charge >= 0.3 is 0 Å². The summed E-state index contributed by atoms with van der Waals surface area (Å²) in [5.41, 5.74) is 3.64. The lowest BCUT2D eigenvalue weighted by atomic mass is 10.1. The first kappa shape index (κ1) is 20.5. The molecule has 0 atom stereocenters. The van der Waals surface area contributed by atoms with Gasteiger partial charge in [0.2, 0.25) is 5.95 Å². The van der Waals surface area contributed by atoms with E-state index in [1.807, 2.05) is 18.5 Å². The Morgan fingerprint density at radius 1 is 0.900 bits per heavy atom. The average molecular weight is 405 g/mol. The average Bonchev–Trinajstić information content (AvgIpc) is 3.23. The molecule has 1 aromatic carbocycles. The number of aromatic nitrogens is 4. The number of benzene rings is 1. The lowest BCUT2D eigenvalue weighted by molar-refractivity contribution is 0.252. The van der Waals surface area contributed by atoms with Crippen LogP contribution in [0.3, 0.4) is 0 Å². The van der Waals surface area contributed by atoms with Gasteiger partial charge in [0.15, 0.2) is 0 Å². The van der Waals surface area contributed by atoms with Crippen molar-refractivity contribution in [3.05, 3.63) is 66.2 Å². The van der Waals surface area contributed by atoms with E-state index in [4.69, 9.17) is 5.10 Å². The van der Waals surface area contributed by atoms with E-state index in [-0.39, 0.29) is 0 Å². The fraction of sp³-hybridized carbons (Fsp3) is 0.458. The molecular weight excluding hydrogens is 372 g/mol. The number of para-hydroxylation sites is 1.